The Labute approximate surface area is 118 Å². The number of aliphatic hydroxyl groups is 2. The Bertz CT molecular complexity index is 424. The first kappa shape index (κ1) is 14.0. The summed E-state index contributed by atoms with van der Waals surface area (Å²) in [6.45, 7) is 1.18. The van der Waals surface area contributed by atoms with Crippen LogP contribution in [0.5, 0.6) is 0 Å². The van der Waals surface area contributed by atoms with Crippen LogP contribution in [0.2, 0.25) is 0 Å². The third-order valence-electron chi connectivity index (χ3n) is 3.94. The van der Waals surface area contributed by atoms with E-state index in [2.05, 4.69) is 4.74 Å². The molecule has 2 saturated heterocycles. The molecule has 0 saturated carbocycles. The molecule has 110 valence electrons. The van der Waals surface area contributed by atoms with Gasteiger partial charge in [-0.3, -0.25) is 0 Å². The van der Waals surface area contributed by atoms with Gasteiger partial charge in [-0.1, -0.05) is 30.3 Å². The highest BCUT2D eigenvalue weighted by molar-refractivity contribution is 5.16. The number of fused-ring (bicyclic) bond motifs is 1. The fourth-order valence-electron chi connectivity index (χ4n) is 2.84. The van der Waals surface area contributed by atoms with E-state index in [4.69, 9.17) is 18.9 Å². The minimum Gasteiger partial charge on any atom is -0.426 e. The summed E-state index contributed by atoms with van der Waals surface area (Å²) in [6, 6.07) is 9.93. The Kier molecular flexibility index (Phi) is 4.33. The summed E-state index contributed by atoms with van der Waals surface area (Å²) < 4.78 is 27.5. The molecule has 0 aromatic heterocycles. The van der Waals surface area contributed by atoms with Crippen LogP contribution in [-0.2, 0) is 18.9 Å². The van der Waals surface area contributed by atoms with Gasteiger partial charge >= 0.3 is 0 Å². The second-order valence-corrected chi connectivity index (χ2v) is 5.08. The van der Waals surface area contributed by atoms with Crippen LogP contribution in [0.1, 0.15) is 11.9 Å². The van der Waals surface area contributed by atoms with Crippen molar-refractivity contribution >= 4 is 0 Å². The van der Waals surface area contributed by atoms with E-state index in [0.717, 1.165) is 5.56 Å². The molecule has 0 spiro atoms. The SMILES string of the molecule is COC1C[OH+]C2COC(c3ccccc3)O[C@H]2C1OC. The van der Waals surface area contributed by atoms with E-state index in [0.29, 0.717) is 13.2 Å². The van der Waals surface area contributed by atoms with Crippen molar-refractivity contribution < 1.29 is 23.7 Å². The molecule has 5 heteroatoms. The van der Waals surface area contributed by atoms with Crippen LogP contribution in [-0.4, -0.2) is 56.6 Å². The van der Waals surface area contributed by atoms with Gasteiger partial charge < -0.3 is 23.7 Å². The van der Waals surface area contributed by atoms with Crippen molar-refractivity contribution in [3.05, 3.63) is 35.9 Å². The summed E-state index contributed by atoms with van der Waals surface area (Å²) in [4.78, 5) is 0. The Morgan fingerprint density at radius 3 is 2.65 bits per heavy atom. The topological polar surface area (TPSA) is 49.7 Å². The Hall–Kier alpha value is -0.980. The summed E-state index contributed by atoms with van der Waals surface area (Å²) in [5.41, 5.74) is 1.01. The van der Waals surface area contributed by atoms with Crippen molar-refractivity contribution in [2.24, 2.45) is 0 Å². The predicted octanol–water partition coefficient (Wildman–Crippen LogP) is 1.04. The standard InChI is InChI=1S/C15H20O5/c1-16-11-8-18-12-9-19-15(10-6-4-3-5-7-10)20-14(12)13(11)17-2/h3-7,11-15H,8-9H2,1-2H3/p+1/t11?,12?,13?,14-,15?/m1/s1. The van der Waals surface area contributed by atoms with E-state index in [-0.39, 0.29) is 30.7 Å². The zero-order valence-corrected chi connectivity index (χ0v) is 11.8. The minimum atomic E-state index is -0.360. The number of hydrogen-bond donors (Lipinski definition) is 0. The number of ether oxygens (including phenoxy) is 5. The quantitative estimate of drug-likeness (QED) is 0.777. The second kappa shape index (κ2) is 6.20. The van der Waals surface area contributed by atoms with Crippen LogP contribution in [0.25, 0.3) is 0 Å². The molecule has 1 N–H and O–H groups in total. The molecular formula is C15H21O5+. The average molecular weight is 281 g/mol. The van der Waals surface area contributed by atoms with Crippen LogP contribution < -0.4 is 0 Å². The monoisotopic (exact) mass is 281 g/mol. The molecule has 20 heavy (non-hydrogen) atoms. The Morgan fingerprint density at radius 1 is 1.15 bits per heavy atom. The lowest BCUT2D eigenvalue weighted by Crippen LogP contribution is -2.60. The molecule has 0 bridgehead atoms. The number of benzene rings is 1. The molecule has 2 heterocycles. The van der Waals surface area contributed by atoms with Gasteiger partial charge in [0, 0.05) is 19.8 Å². The predicted molar refractivity (Wildman–Crippen MR) is 72.5 cm³/mol. The first-order valence-corrected chi connectivity index (χ1v) is 6.87. The van der Waals surface area contributed by atoms with E-state index in [1.807, 2.05) is 30.3 Å². The zero-order valence-electron chi connectivity index (χ0n) is 11.8. The maximum absolute atomic E-state index is 6.09. The zero-order chi connectivity index (χ0) is 13.9. The number of methoxy groups -OCH3 is 2. The van der Waals surface area contributed by atoms with E-state index < -0.39 is 0 Å². The maximum Gasteiger partial charge on any atom is 0.208 e. The highest BCUT2D eigenvalue weighted by Crippen LogP contribution is 2.32. The largest absolute Gasteiger partial charge is 0.426 e. The lowest BCUT2D eigenvalue weighted by molar-refractivity contribution is -0.354. The van der Waals surface area contributed by atoms with Crippen molar-refractivity contribution in [1.29, 1.82) is 0 Å². The minimum absolute atomic E-state index is 0.0197. The lowest BCUT2D eigenvalue weighted by Gasteiger charge is -2.42. The van der Waals surface area contributed by atoms with Crippen LogP contribution in [0, 0.1) is 0 Å². The molecule has 1 aromatic carbocycles. The van der Waals surface area contributed by atoms with Gasteiger partial charge in [0.25, 0.3) is 0 Å². The molecule has 3 rings (SSSR count). The van der Waals surface area contributed by atoms with Crippen LogP contribution in [0.4, 0.5) is 0 Å². The molecule has 4 unspecified atom stereocenters. The third-order valence-corrected chi connectivity index (χ3v) is 3.94. The molecular weight excluding hydrogens is 260 g/mol. The summed E-state index contributed by atoms with van der Waals surface area (Å²) in [5, 5.41) is 0. The third kappa shape index (κ3) is 2.60. The Balaban J connectivity index is 1.76. The molecule has 2 aliphatic rings. The van der Waals surface area contributed by atoms with Gasteiger partial charge in [-0.2, -0.15) is 0 Å². The van der Waals surface area contributed by atoms with Gasteiger partial charge in [0.2, 0.25) is 6.10 Å². The lowest BCUT2D eigenvalue weighted by atomic mass is 9.98. The van der Waals surface area contributed by atoms with Gasteiger partial charge in [0.1, 0.15) is 12.7 Å². The molecule has 0 radical (unpaired) electrons. The van der Waals surface area contributed by atoms with Crippen molar-refractivity contribution in [2.75, 3.05) is 27.4 Å². The van der Waals surface area contributed by atoms with Gasteiger partial charge in [0.15, 0.2) is 25.1 Å². The summed E-state index contributed by atoms with van der Waals surface area (Å²) in [7, 11) is 3.37. The van der Waals surface area contributed by atoms with Crippen molar-refractivity contribution in [2.45, 2.75) is 30.7 Å². The van der Waals surface area contributed by atoms with Crippen molar-refractivity contribution in [3.63, 3.8) is 0 Å². The molecule has 2 fully saturated rings. The highest BCUT2D eigenvalue weighted by Gasteiger charge is 2.49. The van der Waals surface area contributed by atoms with E-state index in [1.54, 1.807) is 14.2 Å². The van der Waals surface area contributed by atoms with E-state index in [9.17, 15) is 0 Å². The fraction of sp³-hybridized carbons (Fsp3) is 0.600. The molecule has 5 nitrogen and oxygen atoms in total. The molecule has 1 aromatic rings. The smallest absolute Gasteiger partial charge is 0.208 e. The van der Waals surface area contributed by atoms with Crippen molar-refractivity contribution in [3.8, 4) is 0 Å². The van der Waals surface area contributed by atoms with E-state index >= 15 is 0 Å². The first-order valence-electron chi connectivity index (χ1n) is 6.87. The summed E-state index contributed by atoms with van der Waals surface area (Å²) in [6.07, 6.45) is -0.640. The highest BCUT2D eigenvalue weighted by atomic mass is 16.7. The van der Waals surface area contributed by atoms with Crippen LogP contribution >= 0.6 is 0 Å². The number of rotatable bonds is 3. The van der Waals surface area contributed by atoms with Crippen molar-refractivity contribution in [1.82, 2.24) is 0 Å². The molecule has 2 aliphatic heterocycles. The van der Waals surface area contributed by atoms with Gasteiger partial charge in [-0.15, -0.1) is 0 Å². The number of hydrogen-bond acceptors (Lipinski definition) is 4. The molecule has 0 amide bonds. The normalized spacial score (nSPS) is 37.4. The van der Waals surface area contributed by atoms with E-state index in [1.165, 1.54) is 0 Å². The molecule has 0 aliphatic carbocycles. The van der Waals surface area contributed by atoms with Gasteiger partial charge in [-0.05, 0) is 0 Å². The van der Waals surface area contributed by atoms with Gasteiger partial charge in [0.05, 0.1) is 0 Å². The first-order chi connectivity index (χ1) is 9.83. The Morgan fingerprint density at radius 2 is 1.95 bits per heavy atom. The van der Waals surface area contributed by atoms with Crippen LogP contribution in [0.3, 0.4) is 0 Å². The fourth-order valence-corrected chi connectivity index (χ4v) is 2.84. The maximum atomic E-state index is 6.09. The molecule has 5 atom stereocenters. The van der Waals surface area contributed by atoms with Crippen LogP contribution in [0.15, 0.2) is 30.3 Å². The summed E-state index contributed by atoms with van der Waals surface area (Å²) in [5.74, 6) is 0. The van der Waals surface area contributed by atoms with Gasteiger partial charge in [-0.25, -0.2) is 0 Å². The average Bonchev–Trinajstić information content (AvgIpc) is 2.54. The summed E-state index contributed by atoms with van der Waals surface area (Å²) >= 11 is 0. The second-order valence-electron chi connectivity index (χ2n) is 5.08.